The summed E-state index contributed by atoms with van der Waals surface area (Å²) in [5.74, 6) is 0.646. The van der Waals surface area contributed by atoms with Crippen LogP contribution in [-0.2, 0) is 9.53 Å². The molecule has 0 bridgehead atoms. The molecule has 0 aliphatic carbocycles. The van der Waals surface area contributed by atoms with Crippen LogP contribution in [0.5, 0.6) is 0 Å². The number of ether oxygens (including phenoxy) is 1. The van der Waals surface area contributed by atoms with Gasteiger partial charge in [0.2, 0.25) is 11.9 Å². The highest BCUT2D eigenvalue weighted by Crippen LogP contribution is 2.24. The van der Waals surface area contributed by atoms with Crippen LogP contribution in [-0.4, -0.2) is 59.4 Å². The molecular formula is C15H22N4O3. The number of amides is 1. The van der Waals surface area contributed by atoms with Crippen LogP contribution in [0.25, 0.3) is 0 Å². The van der Waals surface area contributed by atoms with Gasteiger partial charge < -0.3 is 20.1 Å². The molecule has 1 aromatic rings. The van der Waals surface area contributed by atoms with Crippen molar-refractivity contribution in [2.24, 2.45) is 5.92 Å². The predicted octanol–water partition coefficient (Wildman–Crippen LogP) is -0.0394. The lowest BCUT2D eigenvalue weighted by Crippen LogP contribution is -2.47. The van der Waals surface area contributed by atoms with Crippen molar-refractivity contribution in [3.8, 4) is 0 Å². The highest BCUT2D eigenvalue weighted by Gasteiger charge is 2.37. The van der Waals surface area contributed by atoms with Crippen LogP contribution in [0.4, 0.5) is 5.95 Å². The summed E-state index contributed by atoms with van der Waals surface area (Å²) in [6.07, 6.45) is 5.49. The van der Waals surface area contributed by atoms with Crippen LogP contribution in [0.3, 0.4) is 0 Å². The van der Waals surface area contributed by atoms with E-state index in [1.54, 1.807) is 18.5 Å². The van der Waals surface area contributed by atoms with Crippen molar-refractivity contribution < 1.29 is 14.6 Å². The molecule has 2 fully saturated rings. The molecule has 0 radical (unpaired) electrons. The van der Waals surface area contributed by atoms with E-state index in [4.69, 9.17) is 4.74 Å². The first-order valence-electron chi connectivity index (χ1n) is 7.76. The third-order valence-electron chi connectivity index (χ3n) is 4.35. The van der Waals surface area contributed by atoms with Crippen molar-refractivity contribution in [1.29, 1.82) is 0 Å². The number of hydrogen-bond acceptors (Lipinski definition) is 6. The smallest absolute Gasteiger partial charge is 0.225 e. The predicted molar refractivity (Wildman–Crippen MR) is 80.4 cm³/mol. The van der Waals surface area contributed by atoms with Crippen LogP contribution >= 0.6 is 0 Å². The van der Waals surface area contributed by atoms with E-state index in [0.29, 0.717) is 38.7 Å². The van der Waals surface area contributed by atoms with Crippen LogP contribution in [0.2, 0.25) is 0 Å². The summed E-state index contributed by atoms with van der Waals surface area (Å²) >= 11 is 0. The topological polar surface area (TPSA) is 87.6 Å². The zero-order valence-electron chi connectivity index (χ0n) is 12.6. The first kappa shape index (κ1) is 15.2. The number of β-amino-alcohol motifs (C(OH)–C–C–N with tert-alkyl or cyclic N) is 1. The number of carbonyl (C=O) groups excluding carboxylic acids is 1. The van der Waals surface area contributed by atoms with Crippen molar-refractivity contribution in [1.82, 2.24) is 15.3 Å². The molecule has 1 amide bonds. The van der Waals surface area contributed by atoms with E-state index in [2.05, 4.69) is 15.3 Å². The monoisotopic (exact) mass is 306 g/mol. The molecule has 2 aliphatic rings. The minimum atomic E-state index is -0.917. The molecule has 22 heavy (non-hydrogen) atoms. The van der Waals surface area contributed by atoms with E-state index >= 15 is 0 Å². The van der Waals surface area contributed by atoms with Crippen LogP contribution in [0, 0.1) is 5.92 Å². The second-order valence-electron chi connectivity index (χ2n) is 6.05. The number of nitrogens with one attached hydrogen (secondary N) is 1. The van der Waals surface area contributed by atoms with Crippen LogP contribution in [0.15, 0.2) is 18.5 Å². The maximum atomic E-state index is 12.1. The molecule has 1 aromatic heterocycles. The van der Waals surface area contributed by atoms with Crippen molar-refractivity contribution in [3.63, 3.8) is 0 Å². The van der Waals surface area contributed by atoms with Gasteiger partial charge in [-0.2, -0.15) is 0 Å². The third kappa shape index (κ3) is 3.53. The molecule has 1 atom stereocenters. The molecule has 7 heteroatoms. The molecule has 0 aromatic carbocycles. The van der Waals surface area contributed by atoms with E-state index in [1.165, 1.54) is 0 Å². The second-order valence-corrected chi connectivity index (χ2v) is 6.05. The maximum Gasteiger partial charge on any atom is 0.225 e. The van der Waals surface area contributed by atoms with Gasteiger partial charge in [0.05, 0.1) is 6.54 Å². The molecule has 3 rings (SSSR count). The number of hydrogen-bond donors (Lipinski definition) is 2. The fourth-order valence-corrected chi connectivity index (χ4v) is 2.98. The Hall–Kier alpha value is -1.73. The van der Waals surface area contributed by atoms with E-state index in [9.17, 15) is 9.90 Å². The van der Waals surface area contributed by atoms with Crippen molar-refractivity contribution in [2.45, 2.75) is 24.9 Å². The van der Waals surface area contributed by atoms with Gasteiger partial charge in [-0.3, -0.25) is 4.79 Å². The van der Waals surface area contributed by atoms with Gasteiger partial charge in [0.1, 0.15) is 5.60 Å². The van der Waals surface area contributed by atoms with Gasteiger partial charge in [-0.1, -0.05) is 0 Å². The fourth-order valence-electron chi connectivity index (χ4n) is 2.98. The lowest BCUT2D eigenvalue weighted by Gasteiger charge is -2.26. The summed E-state index contributed by atoms with van der Waals surface area (Å²) < 4.78 is 5.26. The summed E-state index contributed by atoms with van der Waals surface area (Å²) in [5, 5.41) is 13.5. The summed E-state index contributed by atoms with van der Waals surface area (Å²) in [4.78, 5) is 22.5. The second kappa shape index (κ2) is 6.58. The number of aromatic nitrogens is 2. The van der Waals surface area contributed by atoms with E-state index in [1.807, 2.05) is 4.90 Å². The van der Waals surface area contributed by atoms with Gasteiger partial charge in [0, 0.05) is 44.6 Å². The van der Waals surface area contributed by atoms with Crippen molar-refractivity contribution >= 4 is 11.9 Å². The SMILES string of the molecule is O=C(NC[C@@]1(O)CCN(c2ncccn2)C1)C1CCOCC1. The molecule has 7 nitrogen and oxygen atoms in total. The highest BCUT2D eigenvalue weighted by atomic mass is 16.5. The first-order chi connectivity index (χ1) is 10.7. The number of carbonyl (C=O) groups is 1. The van der Waals surface area contributed by atoms with E-state index in [-0.39, 0.29) is 18.4 Å². The normalized spacial score (nSPS) is 26.1. The Labute approximate surface area is 129 Å². The lowest BCUT2D eigenvalue weighted by molar-refractivity contribution is -0.128. The largest absolute Gasteiger partial charge is 0.386 e. The summed E-state index contributed by atoms with van der Waals surface area (Å²) in [6, 6.07) is 1.76. The van der Waals surface area contributed by atoms with Gasteiger partial charge >= 0.3 is 0 Å². The van der Waals surface area contributed by atoms with Crippen molar-refractivity contribution in [3.05, 3.63) is 18.5 Å². The van der Waals surface area contributed by atoms with Crippen LogP contribution in [0.1, 0.15) is 19.3 Å². The van der Waals surface area contributed by atoms with Gasteiger partial charge in [0.25, 0.3) is 0 Å². The average molecular weight is 306 g/mol. The highest BCUT2D eigenvalue weighted by molar-refractivity contribution is 5.78. The number of anilines is 1. The minimum absolute atomic E-state index is 0.00677. The fraction of sp³-hybridized carbons (Fsp3) is 0.667. The first-order valence-corrected chi connectivity index (χ1v) is 7.76. The van der Waals surface area contributed by atoms with Crippen LogP contribution < -0.4 is 10.2 Å². The Morgan fingerprint density at radius 3 is 2.86 bits per heavy atom. The standard InChI is InChI=1S/C15H22N4O3/c20-13(12-2-8-22-9-3-12)18-10-15(21)4-7-19(11-15)14-16-5-1-6-17-14/h1,5-6,12,21H,2-4,7-11H2,(H,18,20)/t15-/m0/s1. The Kier molecular flexibility index (Phi) is 4.54. The molecule has 2 aliphatic heterocycles. The number of rotatable bonds is 4. The van der Waals surface area contributed by atoms with Gasteiger partial charge in [-0.15, -0.1) is 0 Å². The molecular weight excluding hydrogens is 284 g/mol. The molecule has 0 spiro atoms. The Morgan fingerprint density at radius 2 is 2.14 bits per heavy atom. The van der Waals surface area contributed by atoms with Gasteiger partial charge in [-0.05, 0) is 25.3 Å². The molecule has 3 heterocycles. The molecule has 120 valence electrons. The minimum Gasteiger partial charge on any atom is -0.386 e. The van der Waals surface area contributed by atoms with Crippen molar-refractivity contribution in [2.75, 3.05) is 37.7 Å². The van der Waals surface area contributed by atoms with E-state index < -0.39 is 5.60 Å². The molecule has 2 N–H and O–H groups in total. The Bertz CT molecular complexity index is 507. The zero-order chi connectivity index (χ0) is 15.4. The average Bonchev–Trinajstić information content (AvgIpc) is 2.97. The molecule has 0 saturated carbocycles. The Morgan fingerprint density at radius 1 is 1.41 bits per heavy atom. The maximum absolute atomic E-state index is 12.1. The Balaban J connectivity index is 1.51. The zero-order valence-corrected chi connectivity index (χ0v) is 12.6. The summed E-state index contributed by atoms with van der Waals surface area (Å²) in [6.45, 7) is 2.67. The summed E-state index contributed by atoms with van der Waals surface area (Å²) in [7, 11) is 0. The quantitative estimate of drug-likeness (QED) is 0.812. The van der Waals surface area contributed by atoms with Gasteiger partial charge in [0.15, 0.2) is 0 Å². The number of aliphatic hydroxyl groups is 1. The lowest BCUT2D eigenvalue weighted by atomic mass is 9.98. The summed E-state index contributed by atoms with van der Waals surface area (Å²) in [5.41, 5.74) is -0.917. The van der Waals surface area contributed by atoms with E-state index in [0.717, 1.165) is 12.8 Å². The molecule has 2 saturated heterocycles. The third-order valence-corrected chi connectivity index (χ3v) is 4.35. The van der Waals surface area contributed by atoms with Gasteiger partial charge in [-0.25, -0.2) is 9.97 Å². The number of nitrogens with zero attached hydrogens (tertiary/aromatic N) is 3. The molecule has 0 unspecified atom stereocenters.